The summed E-state index contributed by atoms with van der Waals surface area (Å²) in [6, 6.07) is 24.6. The molecule has 1 saturated carbocycles. The third kappa shape index (κ3) is 5.86. The first-order chi connectivity index (χ1) is 20.1. The van der Waals surface area contributed by atoms with Crippen molar-refractivity contribution in [3.8, 4) is 0 Å². The maximum atomic E-state index is 13.7. The number of aryl methyl sites for hydroxylation is 1. The monoisotopic (exact) mass is 548 g/mol. The number of carbonyl (C=O) groups excluding carboxylic acids is 2. The molecule has 5 aromatic rings. The Bertz CT molecular complexity index is 1710. The lowest BCUT2D eigenvalue weighted by molar-refractivity contribution is -0.0601. The number of aromatic nitrogens is 1. The van der Waals surface area contributed by atoms with Crippen LogP contribution in [0.25, 0.3) is 21.8 Å². The van der Waals surface area contributed by atoms with Crippen LogP contribution in [-0.2, 0) is 22.7 Å². The van der Waals surface area contributed by atoms with E-state index in [1.807, 2.05) is 66.7 Å². The van der Waals surface area contributed by atoms with Crippen LogP contribution < -0.4 is 0 Å². The minimum absolute atomic E-state index is 0.0371. The summed E-state index contributed by atoms with van der Waals surface area (Å²) in [6.45, 7) is 3.21. The first-order valence-electron chi connectivity index (χ1n) is 14.1. The van der Waals surface area contributed by atoms with Gasteiger partial charge in [-0.3, -0.25) is 9.59 Å². The molecule has 0 atom stereocenters. The Kier molecular flexibility index (Phi) is 7.78. The molecule has 0 spiro atoms. The van der Waals surface area contributed by atoms with E-state index in [1.165, 1.54) is 19.1 Å². The largest absolute Gasteiger partial charge is 0.461 e. The van der Waals surface area contributed by atoms with Gasteiger partial charge in [0.05, 0.1) is 12.9 Å². The van der Waals surface area contributed by atoms with Gasteiger partial charge in [-0.05, 0) is 79.8 Å². The summed E-state index contributed by atoms with van der Waals surface area (Å²) in [7, 11) is 0. The fraction of sp³-hybridized carbons (Fsp3) is 0.265. The van der Waals surface area contributed by atoms with Gasteiger partial charge in [-0.25, -0.2) is 0 Å². The van der Waals surface area contributed by atoms with Gasteiger partial charge >= 0.3 is 0 Å². The summed E-state index contributed by atoms with van der Waals surface area (Å²) in [4.78, 5) is 32.2. The lowest BCUT2D eigenvalue weighted by Gasteiger charge is -2.08. The van der Waals surface area contributed by atoms with Crippen molar-refractivity contribution in [2.24, 2.45) is 11.1 Å². The van der Waals surface area contributed by atoms with Crippen molar-refractivity contribution >= 4 is 39.1 Å². The standard InChI is InChI=1S/C34H32N2O5/c1-2-36-30-16-13-25(19-27(30)28-20-26(14-17-31(28)36)34(38)32-9-6-18-40-32)33(37)29(15-12-23-10-11-23)35-41-22-39-21-24-7-4-3-5-8-24/h3-9,13-14,16-20,23H,2,10-12,15,21-22H2,1H3/b35-29+. The number of ketones is 2. The molecule has 2 heterocycles. The molecule has 208 valence electrons. The Morgan fingerprint density at radius 2 is 1.66 bits per heavy atom. The fourth-order valence-corrected chi connectivity index (χ4v) is 5.27. The number of fused-ring (bicyclic) bond motifs is 3. The van der Waals surface area contributed by atoms with Crippen LogP contribution >= 0.6 is 0 Å². The van der Waals surface area contributed by atoms with Crippen molar-refractivity contribution in [3.63, 3.8) is 0 Å². The van der Waals surface area contributed by atoms with E-state index in [-0.39, 0.29) is 18.4 Å². The summed E-state index contributed by atoms with van der Waals surface area (Å²) in [5.41, 5.74) is 4.52. The minimum atomic E-state index is -0.178. The summed E-state index contributed by atoms with van der Waals surface area (Å²) < 4.78 is 13.1. The van der Waals surface area contributed by atoms with Gasteiger partial charge in [-0.1, -0.05) is 48.3 Å². The second kappa shape index (κ2) is 11.9. The molecule has 7 nitrogen and oxygen atoms in total. The van der Waals surface area contributed by atoms with Crippen molar-refractivity contribution < 1.29 is 23.6 Å². The molecule has 0 bridgehead atoms. The van der Waals surface area contributed by atoms with E-state index in [2.05, 4.69) is 16.6 Å². The summed E-state index contributed by atoms with van der Waals surface area (Å²) in [6.07, 6.45) is 5.36. The Morgan fingerprint density at radius 1 is 0.927 bits per heavy atom. The van der Waals surface area contributed by atoms with E-state index in [9.17, 15) is 9.59 Å². The summed E-state index contributed by atoms with van der Waals surface area (Å²) >= 11 is 0. The second-order valence-electron chi connectivity index (χ2n) is 10.4. The van der Waals surface area contributed by atoms with E-state index in [0.717, 1.165) is 40.3 Å². The maximum Gasteiger partial charge on any atom is 0.228 e. The number of oxime groups is 1. The molecule has 1 aliphatic carbocycles. The SMILES string of the molecule is CCn1c2ccc(C(=O)/C(CCC3CC3)=N/OCOCc3ccccc3)cc2c2cc(C(=O)c3ccco3)ccc21. The van der Waals surface area contributed by atoms with Gasteiger partial charge in [0.2, 0.25) is 18.4 Å². The molecule has 2 aromatic heterocycles. The first-order valence-corrected chi connectivity index (χ1v) is 14.1. The highest BCUT2D eigenvalue weighted by Gasteiger charge is 2.25. The van der Waals surface area contributed by atoms with Crippen LogP contribution in [0, 0.1) is 5.92 Å². The van der Waals surface area contributed by atoms with E-state index in [1.54, 1.807) is 12.1 Å². The highest BCUT2D eigenvalue weighted by Crippen LogP contribution is 2.34. The Morgan fingerprint density at radius 3 is 2.34 bits per heavy atom. The number of hydrogen-bond donors (Lipinski definition) is 0. The molecular formula is C34H32N2O5. The Labute approximate surface area is 238 Å². The van der Waals surface area contributed by atoms with Crippen molar-refractivity contribution in [1.29, 1.82) is 0 Å². The molecule has 0 unspecified atom stereocenters. The number of Topliss-reactive ketones (excluding diaryl/α,β-unsaturated/α-hetero) is 1. The first kappa shape index (κ1) is 26.7. The average molecular weight is 549 g/mol. The second-order valence-corrected chi connectivity index (χ2v) is 10.4. The molecule has 3 aromatic carbocycles. The van der Waals surface area contributed by atoms with Crippen LogP contribution in [0.3, 0.4) is 0 Å². The van der Waals surface area contributed by atoms with Gasteiger partial charge in [0.15, 0.2) is 5.76 Å². The lowest BCUT2D eigenvalue weighted by atomic mass is 9.99. The molecule has 0 aliphatic heterocycles. The minimum Gasteiger partial charge on any atom is -0.461 e. The van der Waals surface area contributed by atoms with E-state index >= 15 is 0 Å². The van der Waals surface area contributed by atoms with Crippen LogP contribution in [0.4, 0.5) is 0 Å². The van der Waals surface area contributed by atoms with Crippen LogP contribution in [-0.4, -0.2) is 28.6 Å². The number of carbonyl (C=O) groups is 2. The number of hydrogen-bond acceptors (Lipinski definition) is 6. The van der Waals surface area contributed by atoms with Gasteiger partial charge in [-0.2, -0.15) is 0 Å². The van der Waals surface area contributed by atoms with Crippen molar-refractivity contribution in [3.05, 3.63) is 108 Å². The molecule has 7 heteroatoms. The Hall–Kier alpha value is -4.49. The van der Waals surface area contributed by atoms with Gasteiger partial charge in [-0.15, -0.1) is 0 Å². The molecular weight excluding hydrogens is 516 g/mol. The van der Waals surface area contributed by atoms with Crippen LogP contribution in [0.5, 0.6) is 0 Å². The van der Waals surface area contributed by atoms with Gasteiger partial charge < -0.3 is 18.6 Å². The van der Waals surface area contributed by atoms with E-state index < -0.39 is 0 Å². The summed E-state index contributed by atoms with van der Waals surface area (Å²) in [5.74, 6) is 0.611. The quantitative estimate of drug-likeness (QED) is 0.0499. The predicted octanol–water partition coefficient (Wildman–Crippen LogP) is 7.56. The number of benzene rings is 3. The number of furan rings is 1. The molecule has 6 rings (SSSR count). The highest BCUT2D eigenvalue weighted by atomic mass is 16.7. The van der Waals surface area contributed by atoms with Crippen LogP contribution in [0.1, 0.15) is 64.6 Å². The zero-order valence-corrected chi connectivity index (χ0v) is 23.0. The molecule has 1 aliphatic rings. The zero-order chi connectivity index (χ0) is 28.2. The van der Waals surface area contributed by atoms with Crippen LogP contribution in [0.2, 0.25) is 0 Å². The molecule has 0 radical (unpaired) electrons. The van der Waals surface area contributed by atoms with Crippen molar-refractivity contribution in [1.82, 2.24) is 4.57 Å². The van der Waals surface area contributed by atoms with E-state index in [0.29, 0.717) is 41.5 Å². The average Bonchev–Trinajstić information content (AvgIpc) is 3.57. The zero-order valence-electron chi connectivity index (χ0n) is 23.0. The molecule has 0 N–H and O–H groups in total. The Balaban J connectivity index is 1.27. The maximum absolute atomic E-state index is 13.7. The van der Waals surface area contributed by atoms with Gasteiger partial charge in [0.25, 0.3) is 0 Å². The molecule has 0 saturated heterocycles. The molecule has 1 fully saturated rings. The number of nitrogens with zero attached hydrogens (tertiary/aromatic N) is 2. The number of rotatable bonds is 13. The van der Waals surface area contributed by atoms with Crippen LogP contribution in [0.15, 0.2) is 94.7 Å². The highest BCUT2D eigenvalue weighted by molar-refractivity contribution is 6.46. The smallest absolute Gasteiger partial charge is 0.228 e. The summed E-state index contributed by atoms with van der Waals surface area (Å²) in [5, 5.41) is 6.07. The van der Waals surface area contributed by atoms with Gasteiger partial charge in [0.1, 0.15) is 5.71 Å². The van der Waals surface area contributed by atoms with Crippen molar-refractivity contribution in [2.45, 2.75) is 45.8 Å². The molecule has 41 heavy (non-hydrogen) atoms. The third-order valence-corrected chi connectivity index (χ3v) is 7.62. The number of ether oxygens (including phenoxy) is 1. The molecule has 0 amide bonds. The van der Waals surface area contributed by atoms with Crippen molar-refractivity contribution in [2.75, 3.05) is 6.79 Å². The third-order valence-electron chi connectivity index (χ3n) is 7.62. The predicted molar refractivity (Wildman–Crippen MR) is 158 cm³/mol. The topological polar surface area (TPSA) is 83.0 Å². The normalized spacial score (nSPS) is 13.6. The fourth-order valence-electron chi connectivity index (χ4n) is 5.27. The van der Waals surface area contributed by atoms with E-state index in [4.69, 9.17) is 14.0 Å². The van der Waals surface area contributed by atoms with Gasteiger partial charge in [0, 0.05) is 39.5 Å². The lowest BCUT2D eigenvalue weighted by Crippen LogP contribution is -2.16.